The van der Waals surface area contributed by atoms with Gasteiger partial charge in [-0.3, -0.25) is 0 Å². The summed E-state index contributed by atoms with van der Waals surface area (Å²) in [6, 6.07) is 10.6. The number of nitrogens with two attached hydrogens (primary N) is 1. The smallest absolute Gasteiger partial charge is 0.144 e. The van der Waals surface area contributed by atoms with Gasteiger partial charge in [0.2, 0.25) is 0 Å². The Morgan fingerprint density at radius 3 is 1.55 bits per heavy atom. The van der Waals surface area contributed by atoms with E-state index in [4.69, 9.17) is 85.3 Å². The van der Waals surface area contributed by atoms with Gasteiger partial charge >= 0.3 is 0 Å². The minimum atomic E-state index is -4.69. The highest BCUT2D eigenvalue weighted by Gasteiger charge is 2.16. The Bertz CT molecular complexity index is 1200. The Labute approximate surface area is 279 Å². The van der Waals surface area contributed by atoms with Gasteiger partial charge in [0.25, 0.3) is 0 Å². The van der Waals surface area contributed by atoms with Gasteiger partial charge in [-0.05, 0) is 50.0 Å². The van der Waals surface area contributed by atoms with E-state index in [1.54, 1.807) is 11.3 Å². The molecule has 7 N–H and O–H groups in total. The lowest BCUT2D eigenvalue weighted by Crippen LogP contribution is -2.58. The molecule has 1 aliphatic rings. The summed E-state index contributed by atoms with van der Waals surface area (Å²) in [4.78, 5) is 9.98. The van der Waals surface area contributed by atoms with E-state index < -0.39 is 41.0 Å². The third-order valence-corrected chi connectivity index (χ3v) is 6.31. The molecule has 0 radical (unpaired) electrons. The first-order chi connectivity index (χ1) is 21.3. The van der Waals surface area contributed by atoms with Gasteiger partial charge < -0.3 is 20.9 Å². The summed E-state index contributed by atoms with van der Waals surface area (Å²) in [5, 5.41) is 8.30. The van der Waals surface area contributed by atoms with Gasteiger partial charge in [-0.2, -0.15) is 55.9 Å². The van der Waals surface area contributed by atoms with Crippen LogP contribution in [0.2, 0.25) is 0 Å². The van der Waals surface area contributed by atoms with Crippen molar-refractivity contribution in [3.63, 3.8) is 0 Å². The number of fused-ring (bicyclic) bond motifs is 3. The van der Waals surface area contributed by atoms with Gasteiger partial charge in [0.1, 0.15) is 5.82 Å². The molecule has 0 spiro atoms. The van der Waals surface area contributed by atoms with Crippen LogP contribution in [0.3, 0.4) is 0 Å². The zero-order chi connectivity index (χ0) is 36.5. The van der Waals surface area contributed by atoms with Crippen molar-refractivity contribution in [3.05, 3.63) is 35.7 Å². The van der Waals surface area contributed by atoms with E-state index in [1.807, 2.05) is 0 Å². The number of rotatable bonds is 8. The maximum atomic E-state index is 8.60. The van der Waals surface area contributed by atoms with E-state index in [1.165, 1.54) is 41.7 Å². The van der Waals surface area contributed by atoms with Crippen molar-refractivity contribution in [1.29, 1.82) is 0 Å². The quantitative estimate of drug-likeness (QED) is 0.115. The van der Waals surface area contributed by atoms with Gasteiger partial charge in [-0.25, -0.2) is 4.98 Å². The van der Waals surface area contributed by atoms with Crippen LogP contribution >= 0.6 is 11.3 Å². The Hall–Kier alpha value is -1.21. The maximum Gasteiger partial charge on any atom is 0.144 e. The van der Waals surface area contributed by atoms with Crippen molar-refractivity contribution in [2.75, 3.05) is 57.7 Å². The SMILES string of the molecule is NCCCN1CCN(CCCNc2nc3ccccc3c3ccsc23)CC1.[O-][Cl+3]([O-])([O-])O.[O-][Cl+3]([O-])([O-])O.[O-][Cl+3]([O-])([O-])O.[O-][Cl+3]([O-])([O-])O. The molecule has 0 atom stereocenters. The number of pyridine rings is 1. The standard InChI is InChI=1S/C21H29N5S.4ClHO4/c22-8-3-10-25-12-14-26(15-13-25)11-4-9-23-21-20-18(7-16-27-20)17-5-1-2-6-19(17)24-21;4*2-1(3,4)5/h1-2,5-7,16H,3-4,8-15,22H2,(H,23,24);4*(H,2,3,4,5). The number of hydrogen-bond acceptors (Lipinski definition) is 22. The zero-order valence-electron chi connectivity index (χ0n) is 24.1. The van der Waals surface area contributed by atoms with Gasteiger partial charge in [0.05, 0.1) is 69.8 Å². The van der Waals surface area contributed by atoms with E-state index in [0.717, 1.165) is 50.4 Å². The molecule has 0 amide bonds. The highest BCUT2D eigenvalue weighted by molar-refractivity contribution is 7.18. The van der Waals surface area contributed by atoms with Crippen LogP contribution in [0.4, 0.5) is 5.82 Å². The molecule has 3 aromatic rings. The summed E-state index contributed by atoms with van der Waals surface area (Å²) in [5.74, 6) is 1.03. The molecule has 0 bridgehead atoms. The summed E-state index contributed by atoms with van der Waals surface area (Å²) in [6.07, 6.45) is 2.25. The summed E-state index contributed by atoms with van der Waals surface area (Å²) in [5.41, 5.74) is 6.68. The minimum absolute atomic E-state index is 0.798. The van der Waals surface area contributed by atoms with Gasteiger partial charge in [0, 0.05) is 43.5 Å². The highest BCUT2D eigenvalue weighted by atomic mass is 35.7. The second kappa shape index (κ2) is 21.8. The molecular weight excluding hydrogens is 752 g/mol. The Morgan fingerprint density at radius 2 is 1.11 bits per heavy atom. The Balaban J connectivity index is 0.000000865. The van der Waals surface area contributed by atoms with E-state index in [0.29, 0.717) is 0 Å². The fourth-order valence-corrected chi connectivity index (χ4v) is 4.73. The first kappa shape index (κ1) is 45.8. The Morgan fingerprint density at radius 1 is 0.681 bits per heavy atom. The first-order valence-electron chi connectivity index (χ1n) is 12.5. The van der Waals surface area contributed by atoms with Crippen LogP contribution in [-0.4, -0.2) is 85.8 Å². The van der Waals surface area contributed by atoms with E-state index in [-0.39, 0.29) is 0 Å². The van der Waals surface area contributed by atoms with Gasteiger partial charge in [0.15, 0.2) is 0 Å². The molecule has 1 aromatic carbocycles. The molecule has 3 heterocycles. The van der Waals surface area contributed by atoms with E-state index in [9.17, 15) is 0 Å². The second-order valence-corrected chi connectivity index (χ2v) is 12.9. The van der Waals surface area contributed by atoms with Crippen LogP contribution in [0.5, 0.6) is 0 Å². The van der Waals surface area contributed by atoms with Crippen LogP contribution in [0.1, 0.15) is 12.8 Å². The summed E-state index contributed by atoms with van der Waals surface area (Å²) in [6.45, 7) is 8.76. The monoisotopic (exact) mass is 783 g/mol. The molecule has 272 valence electrons. The molecular formula is C21H33Cl4N5O16S. The van der Waals surface area contributed by atoms with Crippen LogP contribution < -0.4 is 67.0 Å². The molecule has 1 fully saturated rings. The molecule has 47 heavy (non-hydrogen) atoms. The lowest BCUT2D eigenvalue weighted by atomic mass is 10.1. The van der Waals surface area contributed by atoms with Gasteiger partial charge in [-0.15, -0.1) is 11.3 Å². The molecule has 1 aliphatic heterocycles. The number of nitrogens with zero attached hydrogens (tertiary/aromatic N) is 3. The van der Waals surface area contributed by atoms with E-state index >= 15 is 0 Å². The number of piperazine rings is 1. The summed E-state index contributed by atoms with van der Waals surface area (Å²) >= 11 is 1.77. The second-order valence-electron chi connectivity index (χ2n) is 8.83. The number of nitrogens with one attached hydrogen (secondary N) is 1. The van der Waals surface area contributed by atoms with Gasteiger partial charge in [-0.1, -0.05) is 18.2 Å². The number of thiophene rings is 1. The molecule has 26 heteroatoms. The van der Waals surface area contributed by atoms with Crippen molar-refractivity contribution in [2.24, 2.45) is 5.73 Å². The van der Waals surface area contributed by atoms with Crippen molar-refractivity contribution in [2.45, 2.75) is 12.8 Å². The average Bonchev–Trinajstić information content (AvgIpc) is 3.37. The fraction of sp³-hybridized carbons (Fsp3) is 0.476. The predicted molar refractivity (Wildman–Crippen MR) is 126 cm³/mol. The van der Waals surface area contributed by atoms with Crippen molar-refractivity contribution < 1.29 is 116 Å². The topological polar surface area (TPSA) is 415 Å². The van der Waals surface area contributed by atoms with Crippen LogP contribution in [-0.2, 0) is 0 Å². The van der Waals surface area contributed by atoms with Crippen LogP contribution in [0, 0.1) is 41.0 Å². The van der Waals surface area contributed by atoms with Crippen molar-refractivity contribution >= 4 is 38.1 Å². The normalized spacial score (nSPS) is 14.5. The predicted octanol–water partition coefficient (Wildman–Crippen LogP) is -13.3. The molecule has 0 unspecified atom stereocenters. The number of aromatic nitrogens is 1. The molecule has 2 aromatic heterocycles. The van der Waals surface area contributed by atoms with Crippen LogP contribution in [0.15, 0.2) is 35.7 Å². The number of halogens is 4. The largest absolute Gasteiger partial charge is 0.369 e. The minimum Gasteiger partial charge on any atom is -0.369 e. The number of anilines is 1. The molecule has 1 saturated heterocycles. The van der Waals surface area contributed by atoms with Crippen LogP contribution in [0.25, 0.3) is 21.0 Å². The maximum absolute atomic E-state index is 8.60. The number of benzene rings is 1. The molecule has 0 aliphatic carbocycles. The molecule has 4 rings (SSSR count). The van der Waals surface area contributed by atoms with E-state index in [2.05, 4.69) is 50.8 Å². The third kappa shape index (κ3) is 29.4. The summed E-state index contributed by atoms with van der Waals surface area (Å²) < 4.78 is 132. The average molecular weight is 785 g/mol. The number of para-hydroxylation sites is 1. The summed E-state index contributed by atoms with van der Waals surface area (Å²) in [7, 11) is -18.8. The fourth-order valence-electron chi connectivity index (χ4n) is 3.86. The van der Waals surface area contributed by atoms with Crippen molar-refractivity contribution in [1.82, 2.24) is 14.8 Å². The Kier molecular flexibility index (Phi) is 21.2. The molecule has 21 nitrogen and oxygen atoms in total. The number of hydrogen-bond donors (Lipinski definition) is 6. The molecule has 0 saturated carbocycles. The van der Waals surface area contributed by atoms with Crippen molar-refractivity contribution in [3.8, 4) is 0 Å². The first-order valence-corrected chi connectivity index (χ1v) is 18.5. The third-order valence-electron chi connectivity index (χ3n) is 5.39. The lowest BCUT2D eigenvalue weighted by molar-refractivity contribution is -1.92. The lowest BCUT2D eigenvalue weighted by Gasteiger charge is -2.34. The zero-order valence-corrected chi connectivity index (χ0v) is 27.9. The highest BCUT2D eigenvalue weighted by Crippen LogP contribution is 2.33.